The fraction of sp³-hybridized carbons (Fsp3) is 0.0556. The Hall–Kier alpha value is -2.04. The Morgan fingerprint density at radius 2 is 1.87 bits per heavy atom. The molecule has 0 spiro atoms. The van der Waals surface area contributed by atoms with Crippen molar-refractivity contribution >= 4 is 33.4 Å². The van der Waals surface area contributed by atoms with Gasteiger partial charge in [0.05, 0.1) is 23.1 Å². The first-order valence-corrected chi connectivity index (χ1v) is 8.15. The van der Waals surface area contributed by atoms with Crippen LogP contribution in [-0.4, -0.2) is 5.91 Å². The molecular weight excluding hydrogens is 378 g/mol. The highest BCUT2D eigenvalue weighted by Gasteiger charge is 2.10. The lowest BCUT2D eigenvalue weighted by Crippen LogP contribution is -2.23. The van der Waals surface area contributed by atoms with Crippen molar-refractivity contribution in [1.82, 2.24) is 5.32 Å². The van der Waals surface area contributed by atoms with Crippen LogP contribution in [0.2, 0.25) is 5.02 Å². The molecular formula is C18H13BrClNO2. The second-order valence-corrected chi connectivity index (χ2v) is 6.34. The molecule has 0 radical (unpaired) electrons. The molecule has 23 heavy (non-hydrogen) atoms. The quantitative estimate of drug-likeness (QED) is 0.657. The summed E-state index contributed by atoms with van der Waals surface area (Å²) in [4.78, 5) is 12.2. The van der Waals surface area contributed by atoms with Gasteiger partial charge in [0.2, 0.25) is 0 Å². The number of nitrogens with one attached hydrogen (secondary N) is 1. The second kappa shape index (κ2) is 7.02. The van der Waals surface area contributed by atoms with E-state index in [0.29, 0.717) is 17.1 Å². The second-order valence-electron chi connectivity index (χ2n) is 5.02. The van der Waals surface area contributed by atoms with Crippen molar-refractivity contribution in [3.8, 4) is 11.1 Å². The van der Waals surface area contributed by atoms with E-state index in [-0.39, 0.29) is 5.91 Å². The highest BCUT2D eigenvalue weighted by atomic mass is 79.9. The predicted octanol–water partition coefficient (Wildman–Crippen LogP) is 5.29. The number of hydrogen-bond acceptors (Lipinski definition) is 2. The topological polar surface area (TPSA) is 42.2 Å². The summed E-state index contributed by atoms with van der Waals surface area (Å²) < 4.78 is 5.89. The number of halogens is 2. The van der Waals surface area contributed by atoms with Crippen molar-refractivity contribution < 1.29 is 9.21 Å². The molecule has 1 amide bonds. The van der Waals surface area contributed by atoms with Crippen LogP contribution in [0.15, 0.2) is 69.9 Å². The Kier molecular flexibility index (Phi) is 4.84. The molecule has 0 aliphatic heterocycles. The van der Waals surface area contributed by atoms with Gasteiger partial charge in [-0.05, 0) is 35.4 Å². The number of amides is 1. The third kappa shape index (κ3) is 3.84. The monoisotopic (exact) mass is 389 g/mol. The SMILES string of the molecule is O=C(NCc1ccc(-c2ccoc2)cc1)c1cc(Br)ccc1Cl. The van der Waals surface area contributed by atoms with Crippen LogP contribution in [0.25, 0.3) is 11.1 Å². The van der Waals surface area contributed by atoms with Gasteiger partial charge in [-0.15, -0.1) is 0 Å². The molecule has 0 bridgehead atoms. The summed E-state index contributed by atoms with van der Waals surface area (Å²) in [5, 5.41) is 3.31. The van der Waals surface area contributed by atoms with Gasteiger partial charge in [-0.25, -0.2) is 0 Å². The van der Waals surface area contributed by atoms with Crippen LogP contribution in [0.5, 0.6) is 0 Å². The molecule has 0 saturated carbocycles. The molecule has 1 aromatic heterocycles. The molecule has 116 valence electrons. The van der Waals surface area contributed by atoms with Crippen molar-refractivity contribution in [2.75, 3.05) is 0 Å². The first kappa shape index (κ1) is 15.8. The highest BCUT2D eigenvalue weighted by molar-refractivity contribution is 9.10. The Morgan fingerprint density at radius 1 is 1.09 bits per heavy atom. The Labute approximate surface area is 147 Å². The van der Waals surface area contributed by atoms with Gasteiger partial charge in [0.15, 0.2) is 0 Å². The van der Waals surface area contributed by atoms with Crippen LogP contribution >= 0.6 is 27.5 Å². The number of rotatable bonds is 4. The van der Waals surface area contributed by atoms with Gasteiger partial charge in [0, 0.05) is 16.6 Å². The van der Waals surface area contributed by atoms with Gasteiger partial charge in [-0.3, -0.25) is 4.79 Å². The molecule has 0 unspecified atom stereocenters. The maximum absolute atomic E-state index is 12.2. The lowest BCUT2D eigenvalue weighted by atomic mass is 10.1. The number of carbonyl (C=O) groups excluding carboxylic acids is 1. The summed E-state index contributed by atoms with van der Waals surface area (Å²) in [6.07, 6.45) is 3.34. The van der Waals surface area contributed by atoms with E-state index in [0.717, 1.165) is 21.2 Å². The third-order valence-electron chi connectivity index (χ3n) is 3.43. The first-order chi connectivity index (χ1) is 11.1. The van der Waals surface area contributed by atoms with Gasteiger partial charge < -0.3 is 9.73 Å². The lowest BCUT2D eigenvalue weighted by Gasteiger charge is -2.08. The van der Waals surface area contributed by atoms with Crippen LogP contribution in [0.3, 0.4) is 0 Å². The molecule has 3 rings (SSSR count). The van der Waals surface area contributed by atoms with Crippen molar-refractivity contribution in [1.29, 1.82) is 0 Å². The van der Waals surface area contributed by atoms with E-state index in [4.69, 9.17) is 16.0 Å². The average Bonchev–Trinajstić information content (AvgIpc) is 3.10. The predicted molar refractivity (Wildman–Crippen MR) is 94.5 cm³/mol. The van der Waals surface area contributed by atoms with E-state index in [1.165, 1.54) is 0 Å². The number of benzene rings is 2. The summed E-state index contributed by atoms with van der Waals surface area (Å²) in [7, 11) is 0. The van der Waals surface area contributed by atoms with E-state index in [9.17, 15) is 4.79 Å². The fourth-order valence-corrected chi connectivity index (χ4v) is 2.76. The minimum absolute atomic E-state index is 0.199. The van der Waals surface area contributed by atoms with Crippen LogP contribution in [-0.2, 0) is 6.54 Å². The molecule has 3 nitrogen and oxygen atoms in total. The number of carbonyl (C=O) groups is 1. The molecule has 3 aromatic rings. The molecule has 1 N–H and O–H groups in total. The van der Waals surface area contributed by atoms with Gasteiger partial charge in [0.25, 0.3) is 5.91 Å². The summed E-state index contributed by atoms with van der Waals surface area (Å²) in [6.45, 7) is 0.438. The zero-order valence-electron chi connectivity index (χ0n) is 12.1. The minimum atomic E-state index is -0.199. The number of hydrogen-bond donors (Lipinski definition) is 1. The van der Waals surface area contributed by atoms with Crippen LogP contribution < -0.4 is 5.32 Å². The molecule has 1 heterocycles. The van der Waals surface area contributed by atoms with Crippen LogP contribution in [0.4, 0.5) is 0 Å². The van der Waals surface area contributed by atoms with Gasteiger partial charge >= 0.3 is 0 Å². The normalized spacial score (nSPS) is 10.5. The zero-order chi connectivity index (χ0) is 16.2. The van der Waals surface area contributed by atoms with Crippen molar-refractivity contribution in [2.24, 2.45) is 0 Å². The van der Waals surface area contributed by atoms with E-state index in [1.54, 1.807) is 30.7 Å². The first-order valence-electron chi connectivity index (χ1n) is 6.98. The molecule has 2 aromatic carbocycles. The summed E-state index contributed by atoms with van der Waals surface area (Å²) in [6, 6.07) is 15.1. The minimum Gasteiger partial charge on any atom is -0.472 e. The van der Waals surface area contributed by atoms with E-state index >= 15 is 0 Å². The Morgan fingerprint density at radius 3 is 2.57 bits per heavy atom. The van der Waals surface area contributed by atoms with Crippen LogP contribution in [0.1, 0.15) is 15.9 Å². The van der Waals surface area contributed by atoms with E-state index < -0.39 is 0 Å². The maximum Gasteiger partial charge on any atom is 0.253 e. The fourth-order valence-electron chi connectivity index (χ4n) is 2.19. The third-order valence-corrected chi connectivity index (χ3v) is 4.26. The maximum atomic E-state index is 12.2. The molecule has 5 heteroatoms. The lowest BCUT2D eigenvalue weighted by molar-refractivity contribution is 0.0951. The van der Waals surface area contributed by atoms with E-state index in [2.05, 4.69) is 21.2 Å². The van der Waals surface area contributed by atoms with Crippen molar-refractivity contribution in [3.63, 3.8) is 0 Å². The van der Waals surface area contributed by atoms with Crippen molar-refractivity contribution in [2.45, 2.75) is 6.54 Å². The molecule has 0 saturated heterocycles. The van der Waals surface area contributed by atoms with E-state index in [1.807, 2.05) is 30.3 Å². The molecule has 0 aliphatic rings. The average molecular weight is 391 g/mol. The zero-order valence-corrected chi connectivity index (χ0v) is 14.4. The smallest absolute Gasteiger partial charge is 0.253 e. The Balaban J connectivity index is 1.66. The summed E-state index contributed by atoms with van der Waals surface area (Å²) >= 11 is 9.40. The van der Waals surface area contributed by atoms with Gasteiger partial charge in [-0.1, -0.05) is 51.8 Å². The standard InChI is InChI=1S/C18H13BrClNO2/c19-15-5-6-17(20)16(9-15)18(22)21-10-12-1-3-13(4-2-12)14-7-8-23-11-14/h1-9,11H,10H2,(H,21,22). The Bertz CT molecular complexity index is 814. The highest BCUT2D eigenvalue weighted by Crippen LogP contribution is 2.22. The summed E-state index contributed by atoms with van der Waals surface area (Å²) in [5.41, 5.74) is 3.57. The van der Waals surface area contributed by atoms with Crippen molar-refractivity contribution in [3.05, 3.63) is 81.7 Å². The molecule has 0 atom stereocenters. The number of furan rings is 1. The summed E-state index contributed by atoms with van der Waals surface area (Å²) in [5.74, 6) is -0.199. The van der Waals surface area contributed by atoms with Gasteiger partial charge in [0.1, 0.15) is 0 Å². The van der Waals surface area contributed by atoms with Crippen LogP contribution in [0, 0.1) is 0 Å². The molecule has 0 fully saturated rings. The molecule has 0 aliphatic carbocycles. The largest absolute Gasteiger partial charge is 0.472 e. The van der Waals surface area contributed by atoms with Gasteiger partial charge in [-0.2, -0.15) is 0 Å².